The van der Waals surface area contributed by atoms with Crippen LogP contribution in [0, 0.1) is 0 Å². The van der Waals surface area contributed by atoms with Crippen LogP contribution in [0.3, 0.4) is 0 Å². The van der Waals surface area contributed by atoms with Crippen molar-refractivity contribution in [2.45, 2.75) is 18.4 Å². The predicted octanol–water partition coefficient (Wildman–Crippen LogP) is 1.73. The van der Waals surface area contributed by atoms with E-state index in [-0.39, 0.29) is 5.78 Å². The van der Waals surface area contributed by atoms with Gasteiger partial charge in [-0.25, -0.2) is 0 Å². The van der Waals surface area contributed by atoms with Gasteiger partial charge in [0.25, 0.3) is 0 Å². The number of ether oxygens (including phenoxy) is 1. The highest BCUT2D eigenvalue weighted by atomic mass is 79.9. The van der Waals surface area contributed by atoms with Crippen LogP contribution in [0.4, 0.5) is 0 Å². The molecule has 15 heavy (non-hydrogen) atoms. The molecule has 4 nitrogen and oxygen atoms in total. The Hall–Kier alpha value is -0.650. The Balaban J connectivity index is 2.23. The first-order valence-corrected chi connectivity index (χ1v) is 5.57. The molecule has 0 saturated carbocycles. The summed E-state index contributed by atoms with van der Waals surface area (Å²) in [4.78, 5) is 12.1. The zero-order valence-electron chi connectivity index (χ0n) is 8.16. The highest BCUT2D eigenvalue weighted by molar-refractivity contribution is 9.10. The van der Waals surface area contributed by atoms with Gasteiger partial charge in [-0.3, -0.25) is 4.79 Å². The molecule has 5 heteroatoms. The second kappa shape index (κ2) is 4.08. The largest absolute Gasteiger partial charge is 0.460 e. The summed E-state index contributed by atoms with van der Waals surface area (Å²) >= 11 is 3.26. The van der Waals surface area contributed by atoms with Crippen molar-refractivity contribution in [3.63, 3.8) is 0 Å². The Bertz CT molecular complexity index is 368. The third kappa shape index (κ3) is 2.00. The molecule has 82 valence electrons. The van der Waals surface area contributed by atoms with Crippen molar-refractivity contribution in [1.29, 1.82) is 0 Å². The lowest BCUT2D eigenvalue weighted by Crippen LogP contribution is -2.51. The van der Waals surface area contributed by atoms with Gasteiger partial charge in [0, 0.05) is 13.2 Å². The van der Waals surface area contributed by atoms with Gasteiger partial charge in [0.05, 0.1) is 16.3 Å². The molecule has 0 aromatic carbocycles. The van der Waals surface area contributed by atoms with E-state index in [0.717, 1.165) is 0 Å². The maximum Gasteiger partial charge on any atom is 0.219 e. The van der Waals surface area contributed by atoms with Crippen LogP contribution in [0.1, 0.15) is 23.4 Å². The minimum absolute atomic E-state index is 0.150. The summed E-state index contributed by atoms with van der Waals surface area (Å²) in [7, 11) is 0. The summed E-state index contributed by atoms with van der Waals surface area (Å²) in [6, 6.07) is 1.69. The predicted molar refractivity (Wildman–Crippen MR) is 57.7 cm³/mol. The van der Waals surface area contributed by atoms with Crippen molar-refractivity contribution in [3.8, 4) is 0 Å². The van der Waals surface area contributed by atoms with E-state index in [4.69, 9.17) is 14.9 Å². The number of nitrogens with two attached hydrogens (primary N) is 1. The first kappa shape index (κ1) is 10.9. The molecule has 2 N–H and O–H groups in total. The smallest absolute Gasteiger partial charge is 0.219 e. The average molecular weight is 274 g/mol. The van der Waals surface area contributed by atoms with Crippen molar-refractivity contribution >= 4 is 21.7 Å². The number of carbonyl (C=O) groups is 1. The highest BCUT2D eigenvalue weighted by Crippen LogP contribution is 2.27. The molecule has 1 fully saturated rings. The van der Waals surface area contributed by atoms with Gasteiger partial charge in [0.2, 0.25) is 5.78 Å². The fraction of sp³-hybridized carbons (Fsp3) is 0.500. The van der Waals surface area contributed by atoms with Crippen molar-refractivity contribution in [3.05, 3.63) is 22.6 Å². The number of halogens is 1. The molecule has 0 spiro atoms. The summed E-state index contributed by atoms with van der Waals surface area (Å²) in [5, 5.41) is 0. The van der Waals surface area contributed by atoms with E-state index in [1.807, 2.05) is 0 Å². The minimum Gasteiger partial charge on any atom is -0.460 e. The molecule has 0 amide bonds. The first-order valence-electron chi connectivity index (χ1n) is 4.78. The maximum atomic E-state index is 12.1. The highest BCUT2D eigenvalue weighted by Gasteiger charge is 2.38. The lowest BCUT2D eigenvalue weighted by molar-refractivity contribution is 0.0430. The molecule has 0 bridgehead atoms. The van der Waals surface area contributed by atoms with Gasteiger partial charge in [-0.1, -0.05) is 0 Å². The molecule has 1 aliphatic rings. The molecular weight excluding hydrogens is 262 g/mol. The van der Waals surface area contributed by atoms with Crippen LogP contribution in [0.2, 0.25) is 0 Å². The standard InChI is InChI=1S/C10H12BrNO3/c11-7-1-4-15-8(7)9(13)10(12)2-5-14-6-3-10/h1,4H,2-3,5-6,12H2. The lowest BCUT2D eigenvalue weighted by Gasteiger charge is -2.30. The second-order valence-corrected chi connectivity index (χ2v) is 4.55. The van der Waals surface area contributed by atoms with Crippen LogP contribution in [0.25, 0.3) is 0 Å². The molecule has 2 rings (SSSR count). The number of hydrogen-bond donors (Lipinski definition) is 1. The van der Waals surface area contributed by atoms with E-state index >= 15 is 0 Å². The topological polar surface area (TPSA) is 65.5 Å². The van der Waals surface area contributed by atoms with Crippen LogP contribution >= 0.6 is 15.9 Å². The quantitative estimate of drug-likeness (QED) is 0.834. The summed E-state index contributed by atoms with van der Waals surface area (Å²) in [5.41, 5.74) is 5.22. The van der Waals surface area contributed by atoms with Crippen LogP contribution in [-0.2, 0) is 4.74 Å². The summed E-state index contributed by atoms with van der Waals surface area (Å²) in [6.07, 6.45) is 2.55. The van der Waals surface area contributed by atoms with Crippen molar-refractivity contribution < 1.29 is 13.9 Å². The fourth-order valence-corrected chi connectivity index (χ4v) is 2.03. The van der Waals surface area contributed by atoms with Gasteiger partial charge in [-0.05, 0) is 34.8 Å². The van der Waals surface area contributed by atoms with Gasteiger partial charge >= 0.3 is 0 Å². The van der Waals surface area contributed by atoms with E-state index in [1.165, 1.54) is 6.26 Å². The van der Waals surface area contributed by atoms with E-state index in [9.17, 15) is 4.79 Å². The van der Waals surface area contributed by atoms with E-state index < -0.39 is 5.54 Å². The van der Waals surface area contributed by atoms with E-state index in [1.54, 1.807) is 6.07 Å². The molecule has 0 unspecified atom stereocenters. The van der Waals surface area contributed by atoms with Crippen LogP contribution in [0.5, 0.6) is 0 Å². The molecule has 1 aromatic heterocycles. The summed E-state index contributed by atoms with van der Waals surface area (Å²) < 4.78 is 11.0. The van der Waals surface area contributed by atoms with Crippen molar-refractivity contribution in [2.75, 3.05) is 13.2 Å². The van der Waals surface area contributed by atoms with Crippen molar-refractivity contribution in [2.24, 2.45) is 5.73 Å². The number of rotatable bonds is 2. The maximum absolute atomic E-state index is 12.1. The third-order valence-corrected chi connectivity index (χ3v) is 3.29. The summed E-state index contributed by atoms with van der Waals surface area (Å²) in [6.45, 7) is 1.06. The van der Waals surface area contributed by atoms with Crippen LogP contribution in [0.15, 0.2) is 21.2 Å². The average Bonchev–Trinajstić information content (AvgIpc) is 2.64. The Morgan fingerprint density at radius 3 is 2.67 bits per heavy atom. The zero-order valence-corrected chi connectivity index (χ0v) is 9.75. The molecule has 1 aliphatic heterocycles. The van der Waals surface area contributed by atoms with E-state index in [0.29, 0.717) is 36.3 Å². The van der Waals surface area contributed by atoms with Crippen LogP contribution in [-0.4, -0.2) is 24.5 Å². The Morgan fingerprint density at radius 1 is 1.47 bits per heavy atom. The molecular formula is C10H12BrNO3. The number of hydrogen-bond acceptors (Lipinski definition) is 4. The molecule has 0 aliphatic carbocycles. The van der Waals surface area contributed by atoms with Crippen LogP contribution < -0.4 is 5.73 Å². The third-order valence-electron chi connectivity index (χ3n) is 2.66. The number of carbonyl (C=O) groups excluding carboxylic acids is 1. The Labute approximate surface area is 95.9 Å². The zero-order chi connectivity index (χ0) is 10.9. The number of furan rings is 1. The fourth-order valence-electron chi connectivity index (χ4n) is 1.64. The monoisotopic (exact) mass is 273 g/mol. The van der Waals surface area contributed by atoms with Gasteiger partial charge in [-0.15, -0.1) is 0 Å². The normalized spacial score (nSPS) is 20.1. The van der Waals surface area contributed by atoms with Gasteiger partial charge in [0.1, 0.15) is 0 Å². The second-order valence-electron chi connectivity index (χ2n) is 3.70. The first-order chi connectivity index (χ1) is 7.13. The lowest BCUT2D eigenvalue weighted by atomic mass is 9.86. The minimum atomic E-state index is -0.835. The SMILES string of the molecule is NC1(C(=O)c2occc2Br)CCOCC1. The molecule has 1 saturated heterocycles. The van der Waals surface area contributed by atoms with Gasteiger partial charge < -0.3 is 14.9 Å². The number of ketones is 1. The number of Topliss-reactive ketones (excluding diaryl/α,β-unsaturated/α-hetero) is 1. The molecule has 0 atom stereocenters. The Kier molecular flexibility index (Phi) is 2.95. The molecule has 1 aromatic rings. The molecule has 0 radical (unpaired) electrons. The molecule has 2 heterocycles. The van der Waals surface area contributed by atoms with Gasteiger partial charge in [-0.2, -0.15) is 0 Å². The van der Waals surface area contributed by atoms with Gasteiger partial charge in [0.15, 0.2) is 5.76 Å². The summed E-state index contributed by atoms with van der Waals surface area (Å²) in [5.74, 6) is 0.155. The Morgan fingerprint density at radius 2 is 2.13 bits per heavy atom. The van der Waals surface area contributed by atoms with E-state index in [2.05, 4.69) is 15.9 Å². The van der Waals surface area contributed by atoms with Crippen molar-refractivity contribution in [1.82, 2.24) is 0 Å².